The van der Waals surface area contributed by atoms with Gasteiger partial charge < -0.3 is 15.5 Å². The smallest absolute Gasteiger partial charge is 0.225 e. The fourth-order valence-corrected chi connectivity index (χ4v) is 2.18. The van der Waals surface area contributed by atoms with Crippen molar-refractivity contribution >= 4 is 11.8 Å². The van der Waals surface area contributed by atoms with Gasteiger partial charge in [0.05, 0.1) is 0 Å². The number of amides is 2. The number of piperazine rings is 1. The van der Waals surface area contributed by atoms with Gasteiger partial charge in [-0.15, -0.1) is 0 Å². The number of carbonyl (C=O) groups excluding carboxylic acids is 2. The molecule has 0 aromatic rings. The van der Waals surface area contributed by atoms with Crippen molar-refractivity contribution in [1.82, 2.24) is 9.80 Å². The SMILES string of the molecule is NCCCC(=O)N1CCN(C(=O)C2CC2)CC1. The predicted octanol–water partition coefficient (Wildman–Crippen LogP) is -0.194. The van der Waals surface area contributed by atoms with Crippen LogP contribution in [0.5, 0.6) is 0 Å². The van der Waals surface area contributed by atoms with E-state index in [0.717, 1.165) is 19.3 Å². The largest absolute Gasteiger partial charge is 0.339 e. The van der Waals surface area contributed by atoms with E-state index in [1.165, 1.54) is 0 Å². The van der Waals surface area contributed by atoms with Crippen LogP contribution in [-0.4, -0.2) is 54.3 Å². The lowest BCUT2D eigenvalue weighted by molar-refractivity contribution is -0.140. The Bertz CT molecular complexity index is 294. The van der Waals surface area contributed by atoms with E-state index in [4.69, 9.17) is 5.73 Å². The topological polar surface area (TPSA) is 66.6 Å². The number of carbonyl (C=O) groups is 2. The zero-order valence-electron chi connectivity index (χ0n) is 10.2. The van der Waals surface area contributed by atoms with Crippen molar-refractivity contribution in [3.05, 3.63) is 0 Å². The maximum absolute atomic E-state index is 11.8. The Labute approximate surface area is 102 Å². The first kappa shape index (κ1) is 12.4. The Balaban J connectivity index is 1.73. The van der Waals surface area contributed by atoms with Crippen LogP contribution < -0.4 is 5.73 Å². The van der Waals surface area contributed by atoms with E-state index in [1.54, 1.807) is 0 Å². The van der Waals surface area contributed by atoms with Crippen molar-refractivity contribution in [2.45, 2.75) is 25.7 Å². The molecule has 0 aromatic carbocycles. The van der Waals surface area contributed by atoms with E-state index in [0.29, 0.717) is 45.1 Å². The third kappa shape index (κ3) is 3.19. The van der Waals surface area contributed by atoms with E-state index in [9.17, 15) is 9.59 Å². The van der Waals surface area contributed by atoms with E-state index < -0.39 is 0 Å². The molecule has 0 atom stereocenters. The van der Waals surface area contributed by atoms with Gasteiger partial charge in [-0.2, -0.15) is 0 Å². The molecule has 17 heavy (non-hydrogen) atoms. The van der Waals surface area contributed by atoms with Crippen LogP contribution in [0.1, 0.15) is 25.7 Å². The van der Waals surface area contributed by atoms with Gasteiger partial charge in [-0.05, 0) is 25.8 Å². The Morgan fingerprint density at radius 3 is 2.18 bits per heavy atom. The standard InChI is InChI=1S/C12H21N3O2/c13-5-1-2-11(16)14-6-8-15(9-7-14)12(17)10-3-4-10/h10H,1-9,13H2. The molecule has 2 rings (SSSR count). The summed E-state index contributed by atoms with van der Waals surface area (Å²) in [7, 11) is 0. The molecule has 96 valence electrons. The van der Waals surface area contributed by atoms with Crippen LogP contribution in [0, 0.1) is 5.92 Å². The van der Waals surface area contributed by atoms with Gasteiger partial charge in [-0.1, -0.05) is 0 Å². The molecule has 0 spiro atoms. The molecular formula is C12H21N3O2. The predicted molar refractivity (Wildman–Crippen MR) is 64.2 cm³/mol. The van der Waals surface area contributed by atoms with Crippen molar-refractivity contribution in [1.29, 1.82) is 0 Å². The molecule has 1 aliphatic carbocycles. The summed E-state index contributed by atoms with van der Waals surface area (Å²) < 4.78 is 0. The molecule has 5 heteroatoms. The van der Waals surface area contributed by atoms with E-state index in [2.05, 4.69) is 0 Å². The summed E-state index contributed by atoms with van der Waals surface area (Å²) in [4.78, 5) is 27.3. The number of nitrogens with two attached hydrogens (primary N) is 1. The van der Waals surface area contributed by atoms with Gasteiger partial charge in [0.15, 0.2) is 0 Å². The third-order valence-electron chi connectivity index (χ3n) is 3.47. The van der Waals surface area contributed by atoms with Crippen LogP contribution in [0.4, 0.5) is 0 Å². The summed E-state index contributed by atoms with van der Waals surface area (Å²) in [6, 6.07) is 0. The number of nitrogens with zero attached hydrogens (tertiary/aromatic N) is 2. The van der Waals surface area contributed by atoms with E-state index in [1.807, 2.05) is 9.80 Å². The monoisotopic (exact) mass is 239 g/mol. The molecule has 0 aromatic heterocycles. The van der Waals surface area contributed by atoms with Gasteiger partial charge in [0.25, 0.3) is 0 Å². The summed E-state index contributed by atoms with van der Waals surface area (Å²) in [6.07, 6.45) is 3.39. The molecular weight excluding hydrogens is 218 g/mol. The minimum atomic E-state index is 0.175. The molecule has 2 N–H and O–H groups in total. The van der Waals surface area contributed by atoms with Gasteiger partial charge in [-0.3, -0.25) is 9.59 Å². The zero-order valence-corrected chi connectivity index (χ0v) is 10.2. The Kier molecular flexibility index (Phi) is 3.99. The van der Waals surface area contributed by atoms with Crippen LogP contribution in [0.15, 0.2) is 0 Å². The molecule has 5 nitrogen and oxygen atoms in total. The van der Waals surface area contributed by atoms with Crippen molar-refractivity contribution in [2.75, 3.05) is 32.7 Å². The van der Waals surface area contributed by atoms with Crippen LogP contribution >= 0.6 is 0 Å². The van der Waals surface area contributed by atoms with Gasteiger partial charge in [0.1, 0.15) is 0 Å². The Morgan fingerprint density at radius 2 is 1.65 bits per heavy atom. The summed E-state index contributed by atoms with van der Waals surface area (Å²) >= 11 is 0. The summed E-state index contributed by atoms with van der Waals surface area (Å²) in [5.41, 5.74) is 5.38. The number of hydrogen-bond donors (Lipinski definition) is 1. The molecule has 1 saturated carbocycles. The fraction of sp³-hybridized carbons (Fsp3) is 0.833. The average Bonchev–Trinajstić information content (AvgIpc) is 3.19. The molecule has 0 radical (unpaired) electrons. The highest BCUT2D eigenvalue weighted by Gasteiger charge is 2.34. The Hall–Kier alpha value is -1.10. The highest BCUT2D eigenvalue weighted by atomic mass is 16.2. The minimum absolute atomic E-state index is 0.175. The highest BCUT2D eigenvalue weighted by Crippen LogP contribution is 2.31. The molecule has 0 bridgehead atoms. The minimum Gasteiger partial charge on any atom is -0.339 e. The first-order valence-corrected chi connectivity index (χ1v) is 6.49. The van der Waals surface area contributed by atoms with Crippen molar-refractivity contribution in [2.24, 2.45) is 11.7 Å². The first-order chi connectivity index (χ1) is 8.22. The second-order valence-corrected chi connectivity index (χ2v) is 4.87. The quantitative estimate of drug-likeness (QED) is 0.739. The van der Waals surface area contributed by atoms with Gasteiger partial charge in [0, 0.05) is 38.5 Å². The van der Waals surface area contributed by atoms with E-state index in [-0.39, 0.29) is 11.8 Å². The molecule has 1 aliphatic heterocycles. The maximum atomic E-state index is 11.8. The molecule has 1 saturated heterocycles. The van der Waals surface area contributed by atoms with Crippen LogP contribution in [0.3, 0.4) is 0 Å². The van der Waals surface area contributed by atoms with Crippen LogP contribution in [0.25, 0.3) is 0 Å². The lowest BCUT2D eigenvalue weighted by atomic mass is 10.2. The fourth-order valence-electron chi connectivity index (χ4n) is 2.18. The lowest BCUT2D eigenvalue weighted by Crippen LogP contribution is -2.51. The summed E-state index contributed by atoms with van der Waals surface area (Å²) in [6.45, 7) is 3.32. The molecule has 1 heterocycles. The molecule has 2 fully saturated rings. The molecule has 2 aliphatic rings. The zero-order chi connectivity index (χ0) is 12.3. The normalized spacial score (nSPS) is 20.5. The molecule has 0 unspecified atom stereocenters. The van der Waals surface area contributed by atoms with Crippen molar-refractivity contribution < 1.29 is 9.59 Å². The number of hydrogen-bond acceptors (Lipinski definition) is 3. The maximum Gasteiger partial charge on any atom is 0.225 e. The van der Waals surface area contributed by atoms with E-state index >= 15 is 0 Å². The van der Waals surface area contributed by atoms with Crippen molar-refractivity contribution in [3.63, 3.8) is 0 Å². The average molecular weight is 239 g/mol. The lowest BCUT2D eigenvalue weighted by Gasteiger charge is -2.35. The van der Waals surface area contributed by atoms with Gasteiger partial charge in [0.2, 0.25) is 11.8 Å². The second-order valence-electron chi connectivity index (χ2n) is 4.87. The number of rotatable bonds is 4. The summed E-state index contributed by atoms with van der Waals surface area (Å²) in [5, 5.41) is 0. The Morgan fingerprint density at radius 1 is 1.06 bits per heavy atom. The van der Waals surface area contributed by atoms with Crippen molar-refractivity contribution in [3.8, 4) is 0 Å². The van der Waals surface area contributed by atoms with Gasteiger partial charge in [-0.25, -0.2) is 0 Å². The van der Waals surface area contributed by atoms with Crippen LogP contribution in [-0.2, 0) is 9.59 Å². The first-order valence-electron chi connectivity index (χ1n) is 6.49. The summed E-state index contributed by atoms with van der Waals surface area (Å²) in [5.74, 6) is 0.752. The molecule has 2 amide bonds. The third-order valence-corrected chi connectivity index (χ3v) is 3.47. The second kappa shape index (κ2) is 5.49. The highest BCUT2D eigenvalue weighted by molar-refractivity contribution is 5.81. The van der Waals surface area contributed by atoms with Crippen LogP contribution in [0.2, 0.25) is 0 Å². The van der Waals surface area contributed by atoms with Gasteiger partial charge >= 0.3 is 0 Å².